The Morgan fingerprint density at radius 3 is 2.41 bits per heavy atom. The number of nitrogens with two attached hydrogens (primary N) is 1. The Morgan fingerprint density at radius 2 is 1.81 bits per heavy atom. The van der Waals surface area contributed by atoms with Crippen molar-refractivity contribution in [3.05, 3.63) is 35.9 Å². The van der Waals surface area contributed by atoms with Crippen LogP contribution < -0.4 is 11.1 Å². The van der Waals surface area contributed by atoms with Gasteiger partial charge in [0, 0.05) is 12.0 Å². The van der Waals surface area contributed by atoms with Gasteiger partial charge in [0.25, 0.3) is 0 Å². The monoisotopic (exact) mass is 394 g/mol. The minimum absolute atomic E-state index is 0. The predicted octanol–water partition coefficient (Wildman–Crippen LogP) is 3.37. The van der Waals surface area contributed by atoms with E-state index in [2.05, 4.69) is 5.32 Å². The van der Waals surface area contributed by atoms with E-state index in [4.69, 9.17) is 10.5 Å². The molecule has 1 amide bonds. The van der Waals surface area contributed by atoms with Crippen LogP contribution in [0.3, 0.4) is 0 Å². The molecule has 2 fully saturated rings. The lowest BCUT2D eigenvalue weighted by Crippen LogP contribution is -2.49. The molecule has 0 aromatic heterocycles. The predicted molar refractivity (Wildman–Crippen MR) is 107 cm³/mol. The van der Waals surface area contributed by atoms with Gasteiger partial charge in [-0.2, -0.15) is 0 Å². The van der Waals surface area contributed by atoms with E-state index in [1.807, 2.05) is 30.3 Å². The summed E-state index contributed by atoms with van der Waals surface area (Å²) >= 11 is 0. The molecule has 1 aromatic rings. The van der Waals surface area contributed by atoms with Gasteiger partial charge in [0.1, 0.15) is 0 Å². The lowest BCUT2D eigenvalue weighted by atomic mass is 9.65. The van der Waals surface area contributed by atoms with Crippen LogP contribution in [-0.4, -0.2) is 24.5 Å². The van der Waals surface area contributed by atoms with Crippen molar-refractivity contribution in [3.8, 4) is 0 Å². The fraction of sp³-hybridized carbons (Fsp3) is 0.619. The van der Waals surface area contributed by atoms with Gasteiger partial charge in [0.2, 0.25) is 5.91 Å². The van der Waals surface area contributed by atoms with Crippen LogP contribution in [0.15, 0.2) is 30.3 Å². The number of fused-ring (bicyclic) bond motifs is 2. The quantitative estimate of drug-likeness (QED) is 0.725. The van der Waals surface area contributed by atoms with Gasteiger partial charge < -0.3 is 15.8 Å². The fourth-order valence-corrected chi connectivity index (χ4v) is 4.62. The van der Waals surface area contributed by atoms with Crippen LogP contribution in [0.5, 0.6) is 0 Å². The molecule has 0 radical (unpaired) electrons. The van der Waals surface area contributed by atoms with E-state index in [9.17, 15) is 9.59 Å². The fourth-order valence-electron chi connectivity index (χ4n) is 4.62. The third-order valence-electron chi connectivity index (χ3n) is 5.98. The minimum atomic E-state index is -0.349. The zero-order valence-corrected chi connectivity index (χ0v) is 16.8. The number of carbonyl (C=O) groups excluding carboxylic acids is 2. The Hall–Kier alpha value is -1.59. The van der Waals surface area contributed by atoms with Crippen LogP contribution in [0.2, 0.25) is 0 Å². The number of ether oxygens (including phenoxy) is 1. The van der Waals surface area contributed by atoms with E-state index >= 15 is 0 Å². The summed E-state index contributed by atoms with van der Waals surface area (Å²) in [5, 5.41) is 3.12. The SMILES string of the molecule is CCOC(=O)CC(NC(=O)C1CC2CCCC(C1)C2N)c1ccccc1.Cl. The van der Waals surface area contributed by atoms with Gasteiger partial charge in [-0.1, -0.05) is 36.8 Å². The van der Waals surface area contributed by atoms with Gasteiger partial charge >= 0.3 is 5.97 Å². The number of benzene rings is 1. The molecule has 0 heterocycles. The van der Waals surface area contributed by atoms with Crippen LogP contribution in [0, 0.1) is 17.8 Å². The molecule has 0 aliphatic heterocycles. The Kier molecular flexibility index (Phi) is 8.11. The standard InChI is InChI=1S/C21H30N2O3.ClH/c1-2-26-19(24)13-18(14-7-4-3-5-8-14)23-21(25)17-11-15-9-6-10-16(12-17)20(15)22;/h3-5,7-8,15-18,20H,2,6,9-13,22H2,1H3,(H,23,25);1H. The maximum absolute atomic E-state index is 13.0. The Balaban J connectivity index is 0.00000261. The molecular formula is C21H31ClN2O3. The Bertz CT molecular complexity index is 611. The average molecular weight is 395 g/mol. The molecule has 3 N–H and O–H groups in total. The average Bonchev–Trinajstić information content (AvgIpc) is 2.62. The number of esters is 1. The molecule has 2 bridgehead atoms. The lowest BCUT2D eigenvalue weighted by Gasteiger charge is -2.43. The molecule has 150 valence electrons. The van der Waals surface area contributed by atoms with E-state index in [-0.39, 0.29) is 48.7 Å². The topological polar surface area (TPSA) is 81.4 Å². The summed E-state index contributed by atoms with van der Waals surface area (Å²) in [6.07, 6.45) is 5.38. The third kappa shape index (κ3) is 5.45. The van der Waals surface area contributed by atoms with Crippen molar-refractivity contribution < 1.29 is 14.3 Å². The van der Waals surface area contributed by atoms with Gasteiger partial charge in [-0.3, -0.25) is 9.59 Å². The number of hydrogen-bond acceptors (Lipinski definition) is 4. The van der Waals surface area contributed by atoms with Crippen molar-refractivity contribution in [1.29, 1.82) is 0 Å². The number of carbonyl (C=O) groups is 2. The number of hydrogen-bond donors (Lipinski definition) is 2. The summed E-state index contributed by atoms with van der Waals surface area (Å²) in [6, 6.07) is 9.55. The number of halogens is 1. The van der Waals surface area contributed by atoms with E-state index in [1.54, 1.807) is 6.92 Å². The Morgan fingerprint density at radius 1 is 1.19 bits per heavy atom. The molecule has 27 heavy (non-hydrogen) atoms. The van der Waals surface area contributed by atoms with Gasteiger partial charge in [-0.25, -0.2) is 0 Å². The second-order valence-corrected chi connectivity index (χ2v) is 7.68. The van der Waals surface area contributed by atoms with E-state index in [1.165, 1.54) is 6.42 Å². The highest BCUT2D eigenvalue weighted by atomic mass is 35.5. The highest BCUT2D eigenvalue weighted by Crippen LogP contribution is 2.42. The van der Waals surface area contributed by atoms with Crippen LogP contribution in [-0.2, 0) is 14.3 Å². The van der Waals surface area contributed by atoms with E-state index < -0.39 is 0 Å². The molecule has 5 nitrogen and oxygen atoms in total. The first kappa shape index (κ1) is 21.7. The summed E-state index contributed by atoms with van der Waals surface area (Å²) in [4.78, 5) is 25.0. The number of amides is 1. The van der Waals surface area contributed by atoms with Crippen molar-refractivity contribution in [2.75, 3.05) is 6.61 Å². The molecule has 2 aliphatic carbocycles. The summed E-state index contributed by atoms with van der Waals surface area (Å²) in [6.45, 7) is 2.14. The van der Waals surface area contributed by atoms with Gasteiger partial charge in [-0.15, -0.1) is 12.4 Å². The molecule has 2 saturated carbocycles. The van der Waals surface area contributed by atoms with Crippen LogP contribution in [0.25, 0.3) is 0 Å². The van der Waals surface area contributed by atoms with Gasteiger partial charge in [-0.05, 0) is 50.0 Å². The third-order valence-corrected chi connectivity index (χ3v) is 5.98. The van der Waals surface area contributed by atoms with Crippen molar-refractivity contribution in [3.63, 3.8) is 0 Å². The van der Waals surface area contributed by atoms with E-state index in [0.29, 0.717) is 18.4 Å². The molecule has 3 rings (SSSR count). The normalized spacial score (nSPS) is 27.8. The largest absolute Gasteiger partial charge is 0.466 e. The van der Waals surface area contributed by atoms with Gasteiger partial charge in [0.15, 0.2) is 0 Å². The molecule has 2 aliphatic rings. The highest BCUT2D eigenvalue weighted by Gasteiger charge is 2.40. The summed E-state index contributed by atoms with van der Waals surface area (Å²) < 4.78 is 5.09. The first-order chi connectivity index (χ1) is 12.6. The zero-order chi connectivity index (χ0) is 18.5. The van der Waals surface area contributed by atoms with Crippen LogP contribution >= 0.6 is 12.4 Å². The number of nitrogens with one attached hydrogen (secondary N) is 1. The van der Waals surface area contributed by atoms with Crippen LogP contribution in [0.4, 0.5) is 0 Å². The Labute approximate surface area is 167 Å². The number of rotatable bonds is 6. The van der Waals surface area contributed by atoms with Crippen molar-refractivity contribution in [2.24, 2.45) is 23.5 Å². The first-order valence-corrected chi connectivity index (χ1v) is 9.85. The summed E-state index contributed by atoms with van der Waals surface area (Å²) in [5.41, 5.74) is 7.28. The molecule has 6 heteroatoms. The summed E-state index contributed by atoms with van der Waals surface area (Å²) in [7, 11) is 0. The van der Waals surface area contributed by atoms with Crippen molar-refractivity contribution >= 4 is 24.3 Å². The summed E-state index contributed by atoms with van der Waals surface area (Å²) in [5.74, 6) is 0.673. The molecule has 3 unspecified atom stereocenters. The molecule has 0 spiro atoms. The molecule has 0 saturated heterocycles. The maximum atomic E-state index is 13.0. The van der Waals surface area contributed by atoms with E-state index in [0.717, 1.165) is 31.2 Å². The zero-order valence-electron chi connectivity index (χ0n) is 15.9. The first-order valence-electron chi connectivity index (χ1n) is 9.85. The second kappa shape index (κ2) is 10.1. The smallest absolute Gasteiger partial charge is 0.308 e. The minimum Gasteiger partial charge on any atom is -0.466 e. The maximum Gasteiger partial charge on any atom is 0.308 e. The highest BCUT2D eigenvalue weighted by molar-refractivity contribution is 5.85. The second-order valence-electron chi connectivity index (χ2n) is 7.68. The molecular weight excluding hydrogens is 364 g/mol. The molecule has 1 aromatic carbocycles. The molecule has 3 atom stereocenters. The van der Waals surface area contributed by atoms with Crippen molar-refractivity contribution in [1.82, 2.24) is 5.32 Å². The van der Waals surface area contributed by atoms with Crippen molar-refractivity contribution in [2.45, 2.75) is 57.5 Å². The van der Waals surface area contributed by atoms with Crippen LogP contribution in [0.1, 0.15) is 57.1 Å². The lowest BCUT2D eigenvalue weighted by molar-refractivity contribution is -0.144. The van der Waals surface area contributed by atoms with Gasteiger partial charge in [0.05, 0.1) is 19.1 Å².